The maximum atomic E-state index is 6.41. The molecule has 0 saturated carbocycles. The summed E-state index contributed by atoms with van der Waals surface area (Å²) in [4.78, 5) is 0. The Kier molecular flexibility index (Phi) is 5.48. The van der Waals surface area contributed by atoms with Crippen molar-refractivity contribution < 1.29 is 4.42 Å². The molecule has 0 spiro atoms. The van der Waals surface area contributed by atoms with Crippen molar-refractivity contribution in [2.75, 3.05) is 0 Å². The van der Waals surface area contributed by atoms with E-state index >= 15 is 0 Å². The average molecular weight is 561 g/mol. The lowest BCUT2D eigenvalue weighted by atomic mass is 9.67. The standard InChI is InChI=1S/C43H28O/c1-3-15-32(16-4-1)43(33-17-5-2-6-18-33)39-23-9-7-19-35(39)36-26-25-30(28-40(36)43)29-13-11-14-31(27-29)34-21-12-22-38-37-20-8-10-24-41(37)44-42(34)38/h1-28H. The molecule has 0 saturated heterocycles. The minimum Gasteiger partial charge on any atom is -0.455 e. The van der Waals surface area contributed by atoms with Crippen LogP contribution in [0.5, 0.6) is 0 Å². The summed E-state index contributed by atoms with van der Waals surface area (Å²) in [5.74, 6) is 0. The number of fused-ring (bicyclic) bond motifs is 6. The largest absolute Gasteiger partial charge is 0.455 e. The summed E-state index contributed by atoms with van der Waals surface area (Å²) in [5.41, 5.74) is 13.9. The second-order valence-electron chi connectivity index (χ2n) is 11.6. The van der Waals surface area contributed by atoms with Gasteiger partial charge in [-0.2, -0.15) is 0 Å². The maximum Gasteiger partial charge on any atom is 0.143 e. The topological polar surface area (TPSA) is 13.1 Å². The van der Waals surface area contributed by atoms with Crippen molar-refractivity contribution in [2.45, 2.75) is 5.41 Å². The van der Waals surface area contributed by atoms with E-state index in [1.165, 1.54) is 44.5 Å². The summed E-state index contributed by atoms with van der Waals surface area (Å²) in [6.45, 7) is 0. The Morgan fingerprint density at radius 3 is 1.77 bits per heavy atom. The molecule has 0 N–H and O–H groups in total. The van der Waals surface area contributed by atoms with Gasteiger partial charge in [0.25, 0.3) is 0 Å². The van der Waals surface area contributed by atoms with Gasteiger partial charge >= 0.3 is 0 Å². The van der Waals surface area contributed by atoms with Gasteiger partial charge in [0.05, 0.1) is 5.41 Å². The number of hydrogen-bond acceptors (Lipinski definition) is 1. The van der Waals surface area contributed by atoms with E-state index in [4.69, 9.17) is 4.42 Å². The van der Waals surface area contributed by atoms with Gasteiger partial charge in [-0.25, -0.2) is 0 Å². The molecule has 9 rings (SSSR count). The third kappa shape index (κ3) is 3.53. The molecule has 7 aromatic carbocycles. The van der Waals surface area contributed by atoms with Crippen LogP contribution in [0.1, 0.15) is 22.3 Å². The molecule has 206 valence electrons. The van der Waals surface area contributed by atoms with Crippen molar-refractivity contribution in [3.8, 4) is 33.4 Å². The lowest BCUT2D eigenvalue weighted by Crippen LogP contribution is -2.28. The highest BCUT2D eigenvalue weighted by Gasteiger charge is 2.46. The summed E-state index contributed by atoms with van der Waals surface area (Å²) in [6, 6.07) is 61.5. The van der Waals surface area contributed by atoms with Gasteiger partial charge in [0, 0.05) is 16.3 Å². The van der Waals surface area contributed by atoms with Gasteiger partial charge in [-0.3, -0.25) is 0 Å². The van der Waals surface area contributed by atoms with E-state index in [-0.39, 0.29) is 0 Å². The van der Waals surface area contributed by atoms with Crippen LogP contribution in [0.25, 0.3) is 55.3 Å². The Morgan fingerprint density at radius 1 is 0.364 bits per heavy atom. The van der Waals surface area contributed by atoms with E-state index in [0.29, 0.717) is 0 Å². The third-order valence-electron chi connectivity index (χ3n) is 9.37. The van der Waals surface area contributed by atoms with E-state index in [1.807, 2.05) is 12.1 Å². The average Bonchev–Trinajstić information content (AvgIpc) is 3.63. The van der Waals surface area contributed by atoms with Crippen LogP contribution in [0, 0.1) is 0 Å². The number of furan rings is 1. The Hall–Kier alpha value is -5.66. The summed E-state index contributed by atoms with van der Waals surface area (Å²) in [6.07, 6.45) is 0. The van der Waals surface area contributed by atoms with Gasteiger partial charge in [0.2, 0.25) is 0 Å². The van der Waals surface area contributed by atoms with Gasteiger partial charge in [-0.1, -0.05) is 152 Å². The Bertz CT molecular complexity index is 2290. The molecule has 44 heavy (non-hydrogen) atoms. The first-order valence-electron chi connectivity index (χ1n) is 15.2. The minimum atomic E-state index is -0.415. The predicted molar refractivity (Wildman–Crippen MR) is 182 cm³/mol. The van der Waals surface area contributed by atoms with Crippen LogP contribution in [0.15, 0.2) is 174 Å². The highest BCUT2D eigenvalue weighted by Crippen LogP contribution is 2.56. The molecule has 1 heterocycles. The van der Waals surface area contributed by atoms with E-state index in [1.54, 1.807) is 0 Å². The third-order valence-corrected chi connectivity index (χ3v) is 9.37. The zero-order valence-corrected chi connectivity index (χ0v) is 24.1. The fraction of sp³-hybridized carbons (Fsp3) is 0.0233. The fourth-order valence-corrected chi connectivity index (χ4v) is 7.46. The lowest BCUT2D eigenvalue weighted by Gasteiger charge is -2.34. The van der Waals surface area contributed by atoms with Crippen molar-refractivity contribution in [3.63, 3.8) is 0 Å². The molecule has 0 amide bonds. The van der Waals surface area contributed by atoms with Crippen LogP contribution in [0.3, 0.4) is 0 Å². The highest BCUT2D eigenvalue weighted by molar-refractivity contribution is 6.09. The molecule has 0 fully saturated rings. The van der Waals surface area contributed by atoms with Crippen LogP contribution < -0.4 is 0 Å². The molecule has 0 atom stereocenters. The van der Waals surface area contributed by atoms with Crippen LogP contribution >= 0.6 is 0 Å². The maximum absolute atomic E-state index is 6.41. The summed E-state index contributed by atoms with van der Waals surface area (Å²) in [7, 11) is 0. The number of para-hydroxylation sites is 2. The van der Waals surface area contributed by atoms with Gasteiger partial charge in [-0.15, -0.1) is 0 Å². The normalized spacial score (nSPS) is 13.2. The summed E-state index contributed by atoms with van der Waals surface area (Å²) < 4.78 is 6.41. The summed E-state index contributed by atoms with van der Waals surface area (Å²) >= 11 is 0. The number of hydrogen-bond donors (Lipinski definition) is 0. The van der Waals surface area contributed by atoms with Crippen LogP contribution in [-0.2, 0) is 5.41 Å². The van der Waals surface area contributed by atoms with Crippen molar-refractivity contribution in [2.24, 2.45) is 0 Å². The van der Waals surface area contributed by atoms with E-state index < -0.39 is 5.41 Å². The minimum absolute atomic E-state index is 0.415. The van der Waals surface area contributed by atoms with Crippen LogP contribution in [-0.4, -0.2) is 0 Å². The molecule has 1 nitrogen and oxygen atoms in total. The monoisotopic (exact) mass is 560 g/mol. The van der Waals surface area contributed by atoms with Gasteiger partial charge in [0.15, 0.2) is 0 Å². The molecule has 1 heteroatoms. The van der Waals surface area contributed by atoms with Gasteiger partial charge in [-0.05, 0) is 68.3 Å². The van der Waals surface area contributed by atoms with Gasteiger partial charge in [0.1, 0.15) is 11.2 Å². The van der Waals surface area contributed by atoms with Crippen molar-refractivity contribution >= 4 is 21.9 Å². The molecule has 1 aliphatic carbocycles. The fourth-order valence-electron chi connectivity index (χ4n) is 7.46. The smallest absolute Gasteiger partial charge is 0.143 e. The second-order valence-corrected chi connectivity index (χ2v) is 11.6. The Labute approximate surface area is 256 Å². The molecule has 0 radical (unpaired) electrons. The van der Waals surface area contributed by atoms with E-state index in [0.717, 1.165) is 33.1 Å². The first-order valence-corrected chi connectivity index (χ1v) is 15.2. The van der Waals surface area contributed by atoms with Crippen molar-refractivity contribution in [1.29, 1.82) is 0 Å². The second kappa shape index (κ2) is 9.69. The molecule has 0 aliphatic heterocycles. The molecule has 0 unspecified atom stereocenters. The molecular weight excluding hydrogens is 532 g/mol. The molecule has 0 bridgehead atoms. The first-order chi connectivity index (χ1) is 21.8. The summed E-state index contributed by atoms with van der Waals surface area (Å²) in [5, 5.41) is 2.30. The zero-order valence-electron chi connectivity index (χ0n) is 24.1. The van der Waals surface area contributed by atoms with Gasteiger partial charge < -0.3 is 4.42 Å². The predicted octanol–water partition coefficient (Wildman–Crippen LogP) is 11.3. The molecule has 1 aliphatic rings. The SMILES string of the molecule is c1ccc(C2(c3ccccc3)c3ccccc3-c3ccc(-c4cccc(-c5cccc6c5oc5ccccc56)c4)cc32)cc1. The quantitative estimate of drug-likeness (QED) is 0.209. The van der Waals surface area contributed by atoms with Crippen molar-refractivity contribution in [3.05, 3.63) is 192 Å². The first kappa shape index (κ1) is 24.9. The molecule has 8 aromatic rings. The van der Waals surface area contributed by atoms with Crippen LogP contribution in [0.4, 0.5) is 0 Å². The Morgan fingerprint density at radius 2 is 0.955 bits per heavy atom. The number of benzene rings is 7. The van der Waals surface area contributed by atoms with Crippen molar-refractivity contribution in [1.82, 2.24) is 0 Å². The van der Waals surface area contributed by atoms with Crippen LogP contribution in [0.2, 0.25) is 0 Å². The van der Waals surface area contributed by atoms with E-state index in [9.17, 15) is 0 Å². The molecule has 1 aromatic heterocycles. The lowest BCUT2D eigenvalue weighted by molar-refractivity contribution is 0.670. The molecular formula is C43H28O. The van der Waals surface area contributed by atoms with E-state index in [2.05, 4.69) is 158 Å². The number of rotatable bonds is 4. The Balaban J connectivity index is 1.26. The highest BCUT2D eigenvalue weighted by atomic mass is 16.3. The zero-order chi connectivity index (χ0) is 29.1.